The maximum absolute atomic E-state index is 12.9. The molecule has 3 aliphatic heterocycles. The van der Waals surface area contributed by atoms with Crippen molar-refractivity contribution in [3.8, 4) is 0 Å². The van der Waals surface area contributed by atoms with E-state index in [2.05, 4.69) is 41.1 Å². The first-order valence-corrected chi connectivity index (χ1v) is 8.52. The molecule has 3 aliphatic rings. The Morgan fingerprint density at radius 1 is 1.14 bits per heavy atom. The van der Waals surface area contributed by atoms with Crippen LogP contribution in [0.1, 0.15) is 38.3 Å². The highest BCUT2D eigenvalue weighted by molar-refractivity contribution is 5.87. The Hall–Kier alpha value is -1.39. The first kappa shape index (κ1) is 14.2. The van der Waals surface area contributed by atoms with Crippen molar-refractivity contribution in [3.63, 3.8) is 0 Å². The van der Waals surface area contributed by atoms with Gasteiger partial charge in [0.05, 0.1) is 6.04 Å². The first-order valence-electron chi connectivity index (χ1n) is 8.52. The molecule has 0 radical (unpaired) electrons. The average molecular weight is 299 g/mol. The van der Waals surface area contributed by atoms with Crippen molar-refractivity contribution in [3.05, 3.63) is 35.9 Å². The maximum Gasteiger partial charge on any atom is 0.242 e. The zero-order valence-corrected chi connectivity index (χ0v) is 13.4. The minimum Gasteiger partial charge on any atom is -0.333 e. The molecule has 2 bridgehead atoms. The maximum atomic E-state index is 12.9. The summed E-state index contributed by atoms with van der Waals surface area (Å²) in [6.45, 7) is 6.60. The molecule has 1 N–H and O–H groups in total. The van der Waals surface area contributed by atoms with Crippen LogP contribution >= 0.6 is 0 Å². The predicted octanol–water partition coefficient (Wildman–Crippen LogP) is 1.78. The van der Waals surface area contributed by atoms with E-state index in [1.54, 1.807) is 0 Å². The molecule has 4 heteroatoms. The van der Waals surface area contributed by atoms with Gasteiger partial charge in [-0.15, -0.1) is 0 Å². The number of amides is 1. The summed E-state index contributed by atoms with van der Waals surface area (Å²) in [5.41, 5.74) is 1.23. The largest absolute Gasteiger partial charge is 0.333 e. The Bertz CT molecular complexity index is 545. The van der Waals surface area contributed by atoms with Crippen molar-refractivity contribution in [2.45, 2.75) is 56.9 Å². The number of nitrogens with zero attached hydrogens (tertiary/aromatic N) is 2. The quantitative estimate of drug-likeness (QED) is 0.866. The predicted molar refractivity (Wildman–Crippen MR) is 86.5 cm³/mol. The van der Waals surface area contributed by atoms with Crippen LogP contribution in [0.25, 0.3) is 0 Å². The van der Waals surface area contributed by atoms with Crippen LogP contribution in [0.5, 0.6) is 0 Å². The topological polar surface area (TPSA) is 45.5 Å². The second kappa shape index (κ2) is 5.36. The van der Waals surface area contributed by atoms with Gasteiger partial charge < -0.3 is 4.90 Å². The van der Waals surface area contributed by atoms with Crippen LogP contribution in [0, 0.1) is 0 Å². The fourth-order valence-electron chi connectivity index (χ4n) is 4.18. The first-order chi connectivity index (χ1) is 10.6. The standard InChI is InChI=1S/C18H25N3O/c1-12(2)20-10-14-8-9-15(11-20)21(14)18(22)17-16(19-17)13-6-4-3-5-7-13/h3-7,12,14-17,19H,8-11H2,1-2H3/t14?,15?,16-,17+/m0/s1. The van der Waals surface area contributed by atoms with Crippen LogP contribution in [0.3, 0.4) is 0 Å². The molecule has 3 saturated heterocycles. The Labute approximate surface area is 132 Å². The zero-order valence-electron chi connectivity index (χ0n) is 13.4. The van der Waals surface area contributed by atoms with Gasteiger partial charge in [-0.25, -0.2) is 0 Å². The van der Waals surface area contributed by atoms with E-state index >= 15 is 0 Å². The number of nitrogens with one attached hydrogen (secondary N) is 1. The lowest BCUT2D eigenvalue weighted by molar-refractivity contribution is -0.137. The minimum atomic E-state index is -0.00361. The number of benzene rings is 1. The molecule has 118 valence electrons. The van der Waals surface area contributed by atoms with Crippen LogP contribution in [0.15, 0.2) is 30.3 Å². The van der Waals surface area contributed by atoms with Gasteiger partial charge in [0.15, 0.2) is 0 Å². The summed E-state index contributed by atoms with van der Waals surface area (Å²) in [6, 6.07) is 12.0. The molecule has 3 heterocycles. The molecule has 4 atom stereocenters. The Balaban J connectivity index is 1.45. The third-order valence-corrected chi connectivity index (χ3v) is 5.50. The molecule has 4 nitrogen and oxygen atoms in total. The number of piperazine rings is 1. The molecule has 1 amide bonds. The second-order valence-electron chi connectivity index (χ2n) is 7.21. The lowest BCUT2D eigenvalue weighted by atomic mass is 10.1. The summed E-state index contributed by atoms with van der Waals surface area (Å²) in [5.74, 6) is 0.324. The monoisotopic (exact) mass is 299 g/mol. The van der Waals surface area contributed by atoms with Gasteiger partial charge in [0, 0.05) is 31.2 Å². The van der Waals surface area contributed by atoms with Crippen LogP contribution in [-0.4, -0.2) is 53.0 Å². The van der Waals surface area contributed by atoms with Gasteiger partial charge in [0.25, 0.3) is 0 Å². The smallest absolute Gasteiger partial charge is 0.242 e. The van der Waals surface area contributed by atoms with Crippen molar-refractivity contribution in [2.24, 2.45) is 0 Å². The zero-order chi connectivity index (χ0) is 15.3. The van der Waals surface area contributed by atoms with E-state index in [0.717, 1.165) is 13.1 Å². The van der Waals surface area contributed by atoms with Gasteiger partial charge >= 0.3 is 0 Å². The van der Waals surface area contributed by atoms with E-state index in [-0.39, 0.29) is 12.1 Å². The second-order valence-corrected chi connectivity index (χ2v) is 7.21. The van der Waals surface area contributed by atoms with Crippen molar-refractivity contribution < 1.29 is 4.79 Å². The number of fused-ring (bicyclic) bond motifs is 2. The van der Waals surface area contributed by atoms with E-state index in [0.29, 0.717) is 24.0 Å². The van der Waals surface area contributed by atoms with E-state index in [9.17, 15) is 4.79 Å². The Morgan fingerprint density at radius 3 is 2.36 bits per heavy atom. The third-order valence-electron chi connectivity index (χ3n) is 5.50. The normalized spacial score (nSPS) is 34.2. The van der Waals surface area contributed by atoms with Crippen LogP contribution < -0.4 is 5.32 Å². The lowest BCUT2D eigenvalue weighted by Gasteiger charge is -2.42. The number of hydrogen-bond acceptors (Lipinski definition) is 3. The molecule has 22 heavy (non-hydrogen) atoms. The van der Waals surface area contributed by atoms with Crippen LogP contribution in [0.4, 0.5) is 0 Å². The highest BCUT2D eigenvalue weighted by Gasteiger charge is 2.51. The molecule has 1 aromatic rings. The summed E-state index contributed by atoms with van der Waals surface area (Å²) in [7, 11) is 0. The summed E-state index contributed by atoms with van der Waals surface area (Å²) < 4.78 is 0. The fourth-order valence-corrected chi connectivity index (χ4v) is 4.18. The third kappa shape index (κ3) is 2.34. The molecule has 3 fully saturated rings. The summed E-state index contributed by atoms with van der Waals surface area (Å²) in [6.07, 6.45) is 2.34. The number of carbonyl (C=O) groups excluding carboxylic acids is 1. The summed E-state index contributed by atoms with van der Waals surface area (Å²) in [5, 5.41) is 3.38. The summed E-state index contributed by atoms with van der Waals surface area (Å²) >= 11 is 0. The van der Waals surface area contributed by atoms with Crippen LogP contribution in [0.2, 0.25) is 0 Å². The number of rotatable bonds is 3. The number of likely N-dealkylation sites (tertiary alicyclic amines) is 1. The van der Waals surface area contributed by atoms with Gasteiger partial charge in [0.1, 0.15) is 6.04 Å². The van der Waals surface area contributed by atoms with Gasteiger partial charge in [-0.3, -0.25) is 15.0 Å². The van der Waals surface area contributed by atoms with Gasteiger partial charge in [-0.1, -0.05) is 30.3 Å². The molecule has 2 unspecified atom stereocenters. The van der Waals surface area contributed by atoms with E-state index < -0.39 is 0 Å². The molecule has 0 saturated carbocycles. The van der Waals surface area contributed by atoms with E-state index in [1.165, 1.54) is 18.4 Å². The lowest BCUT2D eigenvalue weighted by Crippen LogP contribution is -2.58. The Kier molecular flexibility index (Phi) is 3.46. The average Bonchev–Trinajstić information content (AvgIpc) is 3.28. The van der Waals surface area contributed by atoms with Crippen molar-refractivity contribution in [1.29, 1.82) is 0 Å². The number of carbonyl (C=O) groups is 1. The molecule has 0 aromatic heterocycles. The van der Waals surface area contributed by atoms with Gasteiger partial charge in [-0.05, 0) is 32.3 Å². The van der Waals surface area contributed by atoms with Crippen molar-refractivity contribution >= 4 is 5.91 Å². The SMILES string of the molecule is CC(C)N1CC2CCC(C1)N2C(=O)[C@@H]1N[C@H]1c1ccccc1. The van der Waals surface area contributed by atoms with Crippen LogP contribution in [-0.2, 0) is 4.79 Å². The van der Waals surface area contributed by atoms with E-state index in [4.69, 9.17) is 0 Å². The highest BCUT2D eigenvalue weighted by atomic mass is 16.2. The molecule has 0 aliphatic carbocycles. The molecule has 0 spiro atoms. The van der Waals surface area contributed by atoms with Gasteiger partial charge in [0.2, 0.25) is 5.91 Å². The number of hydrogen-bond donors (Lipinski definition) is 1. The molecule has 4 rings (SSSR count). The Morgan fingerprint density at radius 2 is 1.77 bits per heavy atom. The van der Waals surface area contributed by atoms with Gasteiger partial charge in [-0.2, -0.15) is 0 Å². The highest BCUT2D eigenvalue weighted by Crippen LogP contribution is 2.37. The summed E-state index contributed by atoms with van der Waals surface area (Å²) in [4.78, 5) is 17.7. The minimum absolute atomic E-state index is 0.00361. The van der Waals surface area contributed by atoms with E-state index in [1.807, 2.05) is 18.2 Å². The van der Waals surface area contributed by atoms with Crippen molar-refractivity contribution in [1.82, 2.24) is 15.1 Å². The molecular weight excluding hydrogens is 274 g/mol. The molecule has 1 aromatic carbocycles. The van der Waals surface area contributed by atoms with Crippen molar-refractivity contribution in [2.75, 3.05) is 13.1 Å². The molecular formula is C18H25N3O. The fraction of sp³-hybridized carbons (Fsp3) is 0.611.